The normalized spacial score (nSPS) is 20.9. The zero-order valence-electron chi connectivity index (χ0n) is 5.93. The second-order valence-electron chi connectivity index (χ2n) is 2.82. The third-order valence-electron chi connectivity index (χ3n) is 2.06. The van der Waals surface area contributed by atoms with E-state index in [4.69, 9.17) is 0 Å². The molecular formula is C6H5F3N2S. The number of nitrogens with zero attached hydrogens (tertiary/aromatic N) is 2. The summed E-state index contributed by atoms with van der Waals surface area (Å²) in [5.41, 5.74) is -0.310. The van der Waals surface area contributed by atoms with Crippen molar-refractivity contribution in [2.75, 3.05) is 0 Å². The molecule has 2 rings (SSSR count). The minimum Gasteiger partial charge on any atom is -0.170 e. The van der Waals surface area contributed by atoms with Gasteiger partial charge in [-0.1, -0.05) is 0 Å². The van der Waals surface area contributed by atoms with Crippen LogP contribution >= 0.6 is 11.3 Å². The SMILES string of the molecule is FC(F)(F)C1(c2nncs2)CC1. The molecule has 1 aliphatic carbocycles. The van der Waals surface area contributed by atoms with Crippen molar-refractivity contribution < 1.29 is 13.2 Å². The van der Waals surface area contributed by atoms with Gasteiger partial charge in [-0.3, -0.25) is 0 Å². The molecule has 0 spiro atoms. The van der Waals surface area contributed by atoms with Crippen LogP contribution in [0.2, 0.25) is 0 Å². The maximum atomic E-state index is 12.4. The van der Waals surface area contributed by atoms with Gasteiger partial charge in [-0.15, -0.1) is 21.5 Å². The predicted molar refractivity (Wildman–Crippen MR) is 36.9 cm³/mol. The maximum Gasteiger partial charge on any atom is 0.400 e. The van der Waals surface area contributed by atoms with Gasteiger partial charge in [0.2, 0.25) is 0 Å². The van der Waals surface area contributed by atoms with Crippen LogP contribution in [0, 0.1) is 0 Å². The lowest BCUT2D eigenvalue weighted by Crippen LogP contribution is -2.28. The summed E-state index contributed by atoms with van der Waals surface area (Å²) in [6.45, 7) is 0. The number of aromatic nitrogens is 2. The van der Waals surface area contributed by atoms with Crippen LogP contribution in [0.1, 0.15) is 17.8 Å². The Kier molecular flexibility index (Phi) is 1.45. The van der Waals surface area contributed by atoms with E-state index in [-0.39, 0.29) is 17.8 Å². The molecule has 0 amide bonds. The highest BCUT2D eigenvalue weighted by Crippen LogP contribution is 2.59. The first-order chi connectivity index (χ1) is 5.56. The zero-order chi connectivity index (χ0) is 8.82. The second kappa shape index (κ2) is 2.18. The topological polar surface area (TPSA) is 25.8 Å². The Balaban J connectivity index is 2.35. The Bertz CT molecular complexity index is 275. The van der Waals surface area contributed by atoms with Gasteiger partial charge in [0.1, 0.15) is 15.9 Å². The van der Waals surface area contributed by atoms with Crippen molar-refractivity contribution in [3.05, 3.63) is 10.5 Å². The van der Waals surface area contributed by atoms with Gasteiger partial charge in [-0.05, 0) is 12.8 Å². The van der Waals surface area contributed by atoms with Crippen LogP contribution in [0.25, 0.3) is 0 Å². The molecule has 1 aromatic heterocycles. The Hall–Kier alpha value is -0.650. The molecule has 0 N–H and O–H groups in total. The van der Waals surface area contributed by atoms with E-state index in [1.165, 1.54) is 5.51 Å². The lowest BCUT2D eigenvalue weighted by Gasteiger charge is -2.14. The number of alkyl halides is 3. The number of hydrogen-bond donors (Lipinski definition) is 0. The fourth-order valence-electron chi connectivity index (χ4n) is 1.13. The van der Waals surface area contributed by atoms with E-state index in [1.54, 1.807) is 0 Å². The number of hydrogen-bond acceptors (Lipinski definition) is 3. The van der Waals surface area contributed by atoms with Crippen LogP contribution in [0.4, 0.5) is 13.2 Å². The van der Waals surface area contributed by atoms with Crippen LogP contribution in [-0.2, 0) is 5.41 Å². The van der Waals surface area contributed by atoms with Gasteiger partial charge in [0.25, 0.3) is 0 Å². The van der Waals surface area contributed by atoms with Crippen molar-refractivity contribution in [1.82, 2.24) is 10.2 Å². The van der Waals surface area contributed by atoms with Crippen LogP contribution in [-0.4, -0.2) is 16.4 Å². The summed E-state index contributed by atoms with van der Waals surface area (Å²) >= 11 is 0.977. The van der Waals surface area contributed by atoms with E-state index in [0.29, 0.717) is 0 Å². The zero-order valence-corrected chi connectivity index (χ0v) is 6.74. The van der Waals surface area contributed by atoms with Crippen LogP contribution in [0.5, 0.6) is 0 Å². The fraction of sp³-hybridized carbons (Fsp3) is 0.667. The second-order valence-corrected chi connectivity index (χ2v) is 3.66. The Morgan fingerprint density at radius 1 is 1.42 bits per heavy atom. The monoisotopic (exact) mass is 194 g/mol. The van der Waals surface area contributed by atoms with E-state index >= 15 is 0 Å². The molecule has 0 saturated heterocycles. The molecule has 1 saturated carbocycles. The number of halogens is 3. The molecule has 0 atom stereocenters. The van der Waals surface area contributed by atoms with Crippen LogP contribution < -0.4 is 0 Å². The first-order valence-corrected chi connectivity index (χ1v) is 4.28. The molecule has 1 heterocycles. The molecule has 6 heteroatoms. The summed E-state index contributed by atoms with van der Waals surface area (Å²) < 4.78 is 37.2. The molecule has 0 aromatic carbocycles. The molecule has 0 unspecified atom stereocenters. The first kappa shape index (κ1) is 7.97. The Morgan fingerprint density at radius 2 is 2.08 bits per heavy atom. The maximum absolute atomic E-state index is 12.4. The van der Waals surface area contributed by atoms with Crippen molar-refractivity contribution in [3.63, 3.8) is 0 Å². The molecular weight excluding hydrogens is 189 g/mol. The summed E-state index contributed by atoms with van der Waals surface area (Å²) in [7, 11) is 0. The van der Waals surface area contributed by atoms with E-state index in [1.807, 2.05) is 0 Å². The molecule has 0 bridgehead atoms. The van der Waals surface area contributed by atoms with Gasteiger partial charge in [-0.25, -0.2) is 0 Å². The minimum absolute atomic E-state index is 0.106. The summed E-state index contributed by atoms with van der Waals surface area (Å²) in [6, 6.07) is 0. The Morgan fingerprint density at radius 3 is 2.42 bits per heavy atom. The average molecular weight is 194 g/mol. The van der Waals surface area contributed by atoms with E-state index in [9.17, 15) is 13.2 Å². The highest BCUT2D eigenvalue weighted by Gasteiger charge is 2.66. The van der Waals surface area contributed by atoms with Crippen molar-refractivity contribution >= 4 is 11.3 Å². The minimum atomic E-state index is -4.16. The van der Waals surface area contributed by atoms with Gasteiger partial charge in [0, 0.05) is 0 Å². The van der Waals surface area contributed by atoms with E-state index < -0.39 is 11.6 Å². The average Bonchev–Trinajstić information content (AvgIpc) is 2.61. The molecule has 0 aliphatic heterocycles. The van der Waals surface area contributed by atoms with Gasteiger partial charge in [0.05, 0.1) is 0 Å². The van der Waals surface area contributed by atoms with Gasteiger partial charge < -0.3 is 0 Å². The third kappa shape index (κ3) is 0.939. The van der Waals surface area contributed by atoms with Gasteiger partial charge in [-0.2, -0.15) is 13.2 Å². The largest absolute Gasteiger partial charge is 0.400 e. The lowest BCUT2D eigenvalue weighted by molar-refractivity contribution is -0.160. The lowest BCUT2D eigenvalue weighted by atomic mass is 10.1. The molecule has 2 nitrogen and oxygen atoms in total. The third-order valence-corrected chi connectivity index (χ3v) is 2.96. The predicted octanol–water partition coefficient (Wildman–Crippen LogP) is 2.13. The quantitative estimate of drug-likeness (QED) is 0.684. The van der Waals surface area contributed by atoms with Crippen LogP contribution in [0.15, 0.2) is 5.51 Å². The van der Waals surface area contributed by atoms with Crippen molar-refractivity contribution in [2.24, 2.45) is 0 Å². The molecule has 1 aliphatic rings. The summed E-state index contributed by atoms with van der Waals surface area (Å²) in [5, 5.41) is 6.98. The van der Waals surface area contributed by atoms with E-state index in [0.717, 1.165) is 11.3 Å². The molecule has 1 aromatic rings. The Labute approximate surface area is 70.4 Å². The smallest absolute Gasteiger partial charge is 0.170 e. The standard InChI is InChI=1S/C6H5F3N2S/c7-6(8,9)5(1-2-5)4-11-10-3-12-4/h3H,1-2H2. The van der Waals surface area contributed by atoms with Crippen molar-refractivity contribution in [3.8, 4) is 0 Å². The molecule has 66 valence electrons. The first-order valence-electron chi connectivity index (χ1n) is 3.40. The highest BCUT2D eigenvalue weighted by molar-refractivity contribution is 7.09. The van der Waals surface area contributed by atoms with Crippen molar-refractivity contribution in [1.29, 1.82) is 0 Å². The fourth-order valence-corrected chi connectivity index (χ4v) is 1.96. The van der Waals surface area contributed by atoms with Crippen LogP contribution in [0.3, 0.4) is 0 Å². The summed E-state index contributed by atoms with van der Waals surface area (Å²) in [5.74, 6) is 0. The molecule has 12 heavy (non-hydrogen) atoms. The summed E-state index contributed by atoms with van der Waals surface area (Å²) in [4.78, 5) is 0. The van der Waals surface area contributed by atoms with E-state index in [2.05, 4.69) is 10.2 Å². The highest BCUT2D eigenvalue weighted by atomic mass is 32.1. The number of rotatable bonds is 1. The van der Waals surface area contributed by atoms with Gasteiger partial charge >= 0.3 is 6.18 Å². The molecule has 1 fully saturated rings. The van der Waals surface area contributed by atoms with Gasteiger partial charge in [0.15, 0.2) is 0 Å². The molecule has 0 radical (unpaired) electrons. The summed E-state index contributed by atoms with van der Waals surface area (Å²) in [6.07, 6.45) is -3.84. The van der Waals surface area contributed by atoms with Crippen molar-refractivity contribution in [2.45, 2.75) is 24.4 Å².